The predicted molar refractivity (Wildman–Crippen MR) is 125 cm³/mol. The van der Waals surface area contributed by atoms with Gasteiger partial charge >= 0.3 is 0 Å². The number of sulfonamides is 1. The number of halogens is 1. The number of fused-ring (bicyclic) bond motifs is 3. The summed E-state index contributed by atoms with van der Waals surface area (Å²) in [6.45, 7) is 2.67. The summed E-state index contributed by atoms with van der Waals surface area (Å²) < 4.78 is 28.5. The molecule has 9 heteroatoms. The Balaban J connectivity index is 1.69. The number of benzene rings is 2. The van der Waals surface area contributed by atoms with Gasteiger partial charge in [-0.05, 0) is 84.8 Å². The number of aryl methyl sites for hydroxylation is 1. The first kappa shape index (κ1) is 20.5. The number of hydrogen-bond acceptors (Lipinski definition) is 5. The van der Waals surface area contributed by atoms with E-state index >= 15 is 0 Å². The van der Waals surface area contributed by atoms with Gasteiger partial charge in [0.05, 0.1) is 32.9 Å². The summed E-state index contributed by atoms with van der Waals surface area (Å²) in [5, 5.41) is 0.382. The Hall–Kier alpha value is -2.37. The molecule has 7 nitrogen and oxygen atoms in total. The van der Waals surface area contributed by atoms with E-state index in [1.54, 1.807) is 25.1 Å². The van der Waals surface area contributed by atoms with Crippen molar-refractivity contribution in [2.24, 2.45) is 0 Å². The lowest BCUT2D eigenvalue weighted by Crippen LogP contribution is -2.29. The van der Waals surface area contributed by atoms with Gasteiger partial charge in [-0.3, -0.25) is 14.6 Å². The Morgan fingerprint density at radius 2 is 1.58 bits per heavy atom. The molecular weight excluding hydrogens is 529 g/mol. The predicted octanol–water partition coefficient (Wildman–Crippen LogP) is 3.73. The van der Waals surface area contributed by atoms with Crippen molar-refractivity contribution in [3.63, 3.8) is 0 Å². The van der Waals surface area contributed by atoms with Crippen LogP contribution in [-0.4, -0.2) is 42.6 Å². The molecule has 1 aromatic heterocycles. The van der Waals surface area contributed by atoms with Crippen LogP contribution < -0.4 is 4.90 Å². The van der Waals surface area contributed by atoms with Crippen molar-refractivity contribution >= 4 is 61.0 Å². The molecule has 158 valence electrons. The second kappa shape index (κ2) is 7.35. The van der Waals surface area contributed by atoms with Crippen LogP contribution in [0.3, 0.4) is 0 Å². The molecule has 31 heavy (non-hydrogen) atoms. The molecule has 0 atom stereocenters. The van der Waals surface area contributed by atoms with Gasteiger partial charge in [0.15, 0.2) is 0 Å². The van der Waals surface area contributed by atoms with Crippen LogP contribution in [0.25, 0.3) is 10.9 Å². The number of aromatic nitrogens is 1. The molecule has 2 amide bonds. The Morgan fingerprint density at radius 1 is 0.935 bits per heavy atom. The summed E-state index contributed by atoms with van der Waals surface area (Å²) in [6, 6.07) is 11.7. The van der Waals surface area contributed by atoms with E-state index in [0.717, 1.165) is 21.3 Å². The minimum Gasteiger partial charge on any atom is -0.268 e. The number of imide groups is 1. The van der Waals surface area contributed by atoms with Crippen LogP contribution >= 0.6 is 22.6 Å². The second-order valence-corrected chi connectivity index (χ2v) is 10.8. The average Bonchev–Trinajstić information content (AvgIpc) is 3.37. The maximum atomic E-state index is 13.4. The molecule has 0 aliphatic carbocycles. The minimum atomic E-state index is -3.66. The van der Waals surface area contributed by atoms with Crippen LogP contribution in [0.1, 0.15) is 39.3 Å². The fraction of sp³-hybridized carbons (Fsp3) is 0.227. The molecule has 3 aromatic rings. The quantitative estimate of drug-likeness (QED) is 0.369. The molecule has 0 spiro atoms. The number of hydrogen-bond donors (Lipinski definition) is 0. The summed E-state index contributed by atoms with van der Waals surface area (Å²) in [7, 11) is -3.66. The standard InChI is InChI=1S/C22H18IN3O4S/c1-13-19-20(22(28)26(21(19)27)15-6-4-14(23)5-7-15)17-12-16(8-9-18(17)24-13)31(29,30)25-10-2-3-11-25/h4-9,12H,2-3,10-11H2,1H3. The molecule has 2 aromatic carbocycles. The third-order valence-corrected chi connectivity index (χ3v) is 8.37. The van der Waals surface area contributed by atoms with Crippen molar-refractivity contribution in [1.82, 2.24) is 9.29 Å². The van der Waals surface area contributed by atoms with Gasteiger partial charge in [0, 0.05) is 22.0 Å². The lowest BCUT2D eigenvalue weighted by molar-refractivity contribution is 0.0926. The minimum absolute atomic E-state index is 0.114. The van der Waals surface area contributed by atoms with Gasteiger partial charge < -0.3 is 0 Å². The zero-order valence-corrected chi connectivity index (χ0v) is 19.6. The molecule has 0 saturated carbocycles. The van der Waals surface area contributed by atoms with Crippen molar-refractivity contribution in [3.05, 3.63) is 62.9 Å². The van der Waals surface area contributed by atoms with E-state index in [0.29, 0.717) is 35.4 Å². The van der Waals surface area contributed by atoms with E-state index in [1.165, 1.54) is 16.4 Å². The highest BCUT2D eigenvalue weighted by Crippen LogP contribution is 2.35. The summed E-state index contributed by atoms with van der Waals surface area (Å²) in [6.07, 6.45) is 1.67. The molecule has 0 radical (unpaired) electrons. The third-order valence-electron chi connectivity index (χ3n) is 5.76. The summed E-state index contributed by atoms with van der Waals surface area (Å²) in [5.41, 5.74) is 1.85. The SMILES string of the molecule is Cc1nc2ccc(S(=O)(=O)N3CCCC3)cc2c2c1C(=O)N(c1ccc(I)cc1)C2=O. The van der Waals surface area contributed by atoms with Crippen LogP contribution in [0.4, 0.5) is 5.69 Å². The molecule has 1 saturated heterocycles. The molecule has 3 heterocycles. The first-order valence-corrected chi connectivity index (χ1v) is 12.4. The molecule has 0 N–H and O–H groups in total. The van der Waals surface area contributed by atoms with Gasteiger partial charge in [-0.25, -0.2) is 13.3 Å². The Morgan fingerprint density at radius 3 is 2.26 bits per heavy atom. The fourth-order valence-corrected chi connectivity index (χ4v) is 6.13. The lowest BCUT2D eigenvalue weighted by Gasteiger charge is -2.16. The maximum absolute atomic E-state index is 13.4. The zero-order chi connectivity index (χ0) is 21.9. The van der Waals surface area contributed by atoms with Gasteiger partial charge in [-0.15, -0.1) is 0 Å². The fourth-order valence-electron chi connectivity index (χ4n) is 4.23. The van der Waals surface area contributed by atoms with Crippen LogP contribution in [0.5, 0.6) is 0 Å². The number of carbonyl (C=O) groups is 2. The summed E-state index contributed by atoms with van der Waals surface area (Å²) in [4.78, 5) is 32.3. The van der Waals surface area contributed by atoms with Gasteiger partial charge in [0.2, 0.25) is 10.0 Å². The number of carbonyl (C=O) groups excluding carboxylic acids is 2. The van der Waals surface area contributed by atoms with Crippen molar-refractivity contribution in [3.8, 4) is 0 Å². The van der Waals surface area contributed by atoms with Crippen molar-refractivity contribution in [2.45, 2.75) is 24.7 Å². The van der Waals surface area contributed by atoms with E-state index in [4.69, 9.17) is 0 Å². The smallest absolute Gasteiger partial charge is 0.268 e. The number of nitrogens with zero attached hydrogens (tertiary/aromatic N) is 3. The van der Waals surface area contributed by atoms with Crippen LogP contribution in [-0.2, 0) is 10.0 Å². The third kappa shape index (κ3) is 3.17. The van der Waals surface area contributed by atoms with Crippen LogP contribution in [0.2, 0.25) is 0 Å². The molecule has 5 rings (SSSR count). The van der Waals surface area contributed by atoms with E-state index in [-0.39, 0.29) is 16.0 Å². The second-order valence-electron chi connectivity index (χ2n) is 7.66. The number of anilines is 1. The number of amides is 2. The maximum Gasteiger partial charge on any atom is 0.268 e. The zero-order valence-electron chi connectivity index (χ0n) is 16.6. The van der Waals surface area contributed by atoms with Crippen molar-refractivity contribution in [1.29, 1.82) is 0 Å². The molecular formula is C22H18IN3O4S. The lowest BCUT2D eigenvalue weighted by atomic mass is 10.0. The van der Waals surface area contributed by atoms with Gasteiger partial charge in [0.25, 0.3) is 11.8 Å². The first-order chi connectivity index (χ1) is 14.8. The highest BCUT2D eigenvalue weighted by atomic mass is 127. The van der Waals surface area contributed by atoms with Gasteiger partial charge in [-0.2, -0.15) is 4.31 Å². The number of rotatable bonds is 3. The van der Waals surface area contributed by atoms with Crippen molar-refractivity contribution < 1.29 is 18.0 Å². The van der Waals surface area contributed by atoms with Gasteiger partial charge in [0.1, 0.15) is 0 Å². The normalized spacial score (nSPS) is 17.0. The largest absolute Gasteiger partial charge is 0.268 e. The molecule has 0 bridgehead atoms. The van der Waals surface area contributed by atoms with Crippen LogP contribution in [0.15, 0.2) is 47.4 Å². The molecule has 0 unspecified atom stereocenters. The highest BCUT2D eigenvalue weighted by molar-refractivity contribution is 14.1. The Labute approximate surface area is 193 Å². The average molecular weight is 547 g/mol. The van der Waals surface area contributed by atoms with E-state index in [2.05, 4.69) is 27.6 Å². The highest BCUT2D eigenvalue weighted by Gasteiger charge is 2.40. The summed E-state index contributed by atoms with van der Waals surface area (Å²) in [5.74, 6) is -0.909. The van der Waals surface area contributed by atoms with E-state index in [1.807, 2.05) is 12.1 Å². The number of pyridine rings is 1. The van der Waals surface area contributed by atoms with Gasteiger partial charge in [-0.1, -0.05) is 0 Å². The topological polar surface area (TPSA) is 87.7 Å². The molecule has 2 aliphatic heterocycles. The Kier molecular flexibility index (Phi) is 4.87. The monoisotopic (exact) mass is 547 g/mol. The first-order valence-electron chi connectivity index (χ1n) is 9.88. The summed E-state index contributed by atoms with van der Waals surface area (Å²) >= 11 is 2.15. The van der Waals surface area contributed by atoms with Crippen molar-refractivity contribution in [2.75, 3.05) is 18.0 Å². The molecule has 2 aliphatic rings. The van der Waals surface area contributed by atoms with E-state index < -0.39 is 21.8 Å². The Bertz CT molecular complexity index is 1360. The van der Waals surface area contributed by atoms with Crippen LogP contribution in [0, 0.1) is 10.5 Å². The molecule has 1 fully saturated rings. The van der Waals surface area contributed by atoms with E-state index in [9.17, 15) is 18.0 Å².